The molecular formula is C83H77N3O2. The van der Waals surface area contributed by atoms with Crippen LogP contribution in [0.3, 0.4) is 0 Å². The van der Waals surface area contributed by atoms with Crippen LogP contribution in [0.5, 0.6) is 11.5 Å². The summed E-state index contributed by atoms with van der Waals surface area (Å²) in [5, 5.41) is 1.97. The summed E-state index contributed by atoms with van der Waals surface area (Å²) in [7, 11) is 0. The zero-order chi connectivity index (χ0) is 60.6. The highest BCUT2D eigenvalue weighted by molar-refractivity contribution is 6.14. The van der Waals surface area contributed by atoms with Crippen molar-refractivity contribution in [3.8, 4) is 56.3 Å². The second kappa shape index (κ2) is 20.3. The van der Waals surface area contributed by atoms with E-state index >= 15 is 0 Å². The molecule has 2 aromatic heterocycles. The Bertz CT molecular complexity index is 4740. The number of rotatable bonds is 9. The summed E-state index contributed by atoms with van der Waals surface area (Å²) in [6.07, 6.45) is 8.44. The van der Waals surface area contributed by atoms with E-state index in [-0.39, 0.29) is 33.0 Å². The summed E-state index contributed by atoms with van der Waals surface area (Å²) in [4.78, 5) is 5.95. The summed E-state index contributed by atoms with van der Waals surface area (Å²) in [6, 6.07) is 77.2. The Morgan fingerprint density at radius 2 is 1.09 bits per heavy atom. The van der Waals surface area contributed by atoms with E-state index in [1.807, 2.05) is 6.07 Å². The Balaban J connectivity index is 0.946. The highest BCUT2D eigenvalue weighted by atomic mass is 16.5. The normalized spacial score (nSPS) is 17.2. The van der Waals surface area contributed by atoms with Gasteiger partial charge in [-0.2, -0.15) is 0 Å². The summed E-state index contributed by atoms with van der Waals surface area (Å²) in [5.41, 5.74) is 25.0. The molecule has 1 atom stereocenters. The van der Waals surface area contributed by atoms with Gasteiger partial charge in [-0.3, -0.25) is 14.1 Å². The first-order valence-electron chi connectivity index (χ1n) is 31.7. The van der Waals surface area contributed by atoms with Gasteiger partial charge in [0.05, 0.1) is 34.0 Å². The first kappa shape index (κ1) is 55.5. The molecule has 0 N–H and O–H groups in total. The van der Waals surface area contributed by atoms with Crippen molar-refractivity contribution in [3.05, 3.63) is 263 Å². The smallest absolute Gasteiger partial charge is 0.270 e. The van der Waals surface area contributed by atoms with Gasteiger partial charge in [-0.15, -0.1) is 0 Å². The Hall–Kier alpha value is -9.06. The molecule has 0 saturated carbocycles. The lowest BCUT2D eigenvalue weighted by atomic mass is 9.59. The topological polar surface area (TPSA) is 43.5 Å². The van der Waals surface area contributed by atoms with Crippen LogP contribution >= 0.6 is 0 Å². The van der Waals surface area contributed by atoms with Gasteiger partial charge in [-0.25, -0.2) is 0 Å². The average molecular weight is 1150 g/mol. The van der Waals surface area contributed by atoms with Crippen molar-refractivity contribution in [1.82, 2.24) is 4.57 Å². The van der Waals surface area contributed by atoms with Gasteiger partial charge < -0.3 is 9.15 Å². The molecule has 0 fully saturated rings. The van der Waals surface area contributed by atoms with Crippen LogP contribution in [0.2, 0.25) is 0 Å². The van der Waals surface area contributed by atoms with Gasteiger partial charge in [0.1, 0.15) is 28.4 Å². The monoisotopic (exact) mass is 1150 g/mol. The minimum Gasteiger partial charge on any atom is -0.460 e. The zero-order valence-electron chi connectivity index (χ0n) is 52.8. The molecule has 1 unspecified atom stereocenters. The van der Waals surface area contributed by atoms with E-state index in [1.54, 1.807) is 0 Å². The van der Waals surface area contributed by atoms with Crippen LogP contribution in [0.25, 0.3) is 77.7 Å². The van der Waals surface area contributed by atoms with Gasteiger partial charge in [0.25, 0.3) is 6.33 Å². The number of nitrogens with zero attached hydrogens (tertiary/aromatic N) is 3. The molecule has 88 heavy (non-hydrogen) atoms. The van der Waals surface area contributed by atoms with E-state index in [9.17, 15) is 0 Å². The van der Waals surface area contributed by atoms with Crippen molar-refractivity contribution >= 4 is 44.4 Å². The number of aliphatic imine (C=N–C) groups is 1. The van der Waals surface area contributed by atoms with Crippen LogP contribution in [0.4, 0.5) is 5.69 Å². The van der Waals surface area contributed by atoms with Crippen molar-refractivity contribution in [2.45, 2.75) is 135 Å². The minimum absolute atomic E-state index is 0.00739. The number of imidazole rings is 1. The quantitative estimate of drug-likeness (QED) is 0.107. The predicted octanol–water partition coefficient (Wildman–Crippen LogP) is 21.7. The van der Waals surface area contributed by atoms with Crippen molar-refractivity contribution in [2.75, 3.05) is 0 Å². The summed E-state index contributed by atoms with van der Waals surface area (Å²) < 4.78 is 18.9. The van der Waals surface area contributed by atoms with Crippen molar-refractivity contribution < 1.29 is 13.7 Å². The molecule has 0 radical (unpaired) electrons. The van der Waals surface area contributed by atoms with E-state index < -0.39 is 0 Å². The summed E-state index contributed by atoms with van der Waals surface area (Å²) in [5.74, 6) is 1.27. The van der Waals surface area contributed by atoms with Crippen LogP contribution in [0, 0.1) is 6.33 Å². The maximum atomic E-state index is 7.52. The average Bonchev–Trinajstić information content (AvgIpc) is 1.34. The number of fused-ring (bicyclic) bond motifs is 8. The van der Waals surface area contributed by atoms with E-state index in [0.717, 1.165) is 115 Å². The first-order chi connectivity index (χ1) is 42.2. The number of hydrogen-bond donors (Lipinski definition) is 0. The molecule has 10 aromatic carbocycles. The standard InChI is InChI=1S/C83H77N3O2/c1-79(2,3)56-46-55(76-72(73-66(84-76)41-40-65-75(73)83(10,11)45-43-81(65,6)7)62-38-39-64-74(71(62)54-30-19-14-20-31-54)82(8,9)44-42-80(64,4)5)47-57(48-56)87-58-49-63-61-32-21-24-37-70(61)88-78(63)69(50-58)85-51-86(68-36-23-22-35-67(68)85)77-59(52-26-15-12-16-27-52)33-25-34-60(77)53-28-17-13-18-29-53/h12-41,46-50,72H,42-45H2,1-11H3. The Morgan fingerprint density at radius 3 is 1.76 bits per heavy atom. The highest BCUT2D eigenvalue weighted by Gasteiger charge is 2.46. The maximum Gasteiger partial charge on any atom is 0.270 e. The van der Waals surface area contributed by atoms with Crippen LogP contribution in [0.15, 0.2) is 222 Å². The van der Waals surface area contributed by atoms with Crippen molar-refractivity contribution in [2.24, 2.45) is 4.99 Å². The predicted molar refractivity (Wildman–Crippen MR) is 364 cm³/mol. The lowest BCUT2D eigenvalue weighted by Crippen LogP contribution is -2.36. The van der Waals surface area contributed by atoms with Gasteiger partial charge in [0.15, 0.2) is 0 Å². The fourth-order valence-corrected chi connectivity index (χ4v) is 15.2. The minimum atomic E-state index is -0.241. The fraction of sp³-hybridized carbons (Fsp3) is 0.253. The Morgan fingerprint density at radius 1 is 0.523 bits per heavy atom. The second-order valence-electron chi connectivity index (χ2n) is 28.9. The molecule has 5 heteroatoms. The molecule has 0 bridgehead atoms. The zero-order valence-corrected chi connectivity index (χ0v) is 52.8. The van der Waals surface area contributed by atoms with Crippen molar-refractivity contribution in [3.63, 3.8) is 0 Å². The third-order valence-electron chi connectivity index (χ3n) is 20.2. The van der Waals surface area contributed by atoms with E-state index in [1.165, 1.54) is 50.1 Å². The van der Waals surface area contributed by atoms with Gasteiger partial charge in [0.2, 0.25) is 0 Å². The molecule has 5 nitrogen and oxygen atoms in total. The number of ether oxygens (including phenoxy) is 1. The third-order valence-corrected chi connectivity index (χ3v) is 20.2. The molecule has 0 spiro atoms. The van der Waals surface area contributed by atoms with Crippen LogP contribution in [-0.4, -0.2) is 10.3 Å². The lowest BCUT2D eigenvalue weighted by Gasteiger charge is -2.45. The molecule has 1 aliphatic heterocycles. The van der Waals surface area contributed by atoms with Crippen molar-refractivity contribution in [1.29, 1.82) is 0 Å². The number of aromatic nitrogens is 2. The maximum absolute atomic E-state index is 7.52. The van der Waals surface area contributed by atoms with E-state index in [4.69, 9.17) is 14.1 Å². The number of para-hydroxylation sites is 4. The molecule has 15 rings (SSSR count). The number of hydrogen-bond acceptors (Lipinski definition) is 3. The lowest BCUT2D eigenvalue weighted by molar-refractivity contribution is -0.571. The molecule has 0 amide bonds. The molecule has 0 saturated heterocycles. The van der Waals surface area contributed by atoms with Crippen LogP contribution in [-0.2, 0) is 27.1 Å². The molecule has 3 heterocycles. The van der Waals surface area contributed by atoms with E-state index in [0.29, 0.717) is 5.75 Å². The number of furan rings is 1. The highest BCUT2D eigenvalue weighted by Crippen LogP contribution is 2.58. The third kappa shape index (κ3) is 9.09. The second-order valence-corrected chi connectivity index (χ2v) is 28.9. The van der Waals surface area contributed by atoms with Crippen LogP contribution < -0.4 is 9.30 Å². The van der Waals surface area contributed by atoms with E-state index in [2.05, 4.69) is 298 Å². The summed E-state index contributed by atoms with van der Waals surface area (Å²) >= 11 is 0. The fourth-order valence-electron chi connectivity index (χ4n) is 15.2. The van der Waals surface area contributed by atoms with Gasteiger partial charge >= 0.3 is 0 Å². The molecular weight excluding hydrogens is 1070 g/mol. The van der Waals surface area contributed by atoms with Gasteiger partial charge in [-0.05, 0) is 168 Å². The SMILES string of the molecule is CC(C)(C)c1cc(Oc2cc(-[n+]3[c-]n(-c4c(-c5ccccc5)cccc4-c4ccccc4)c4ccccc43)c3oc4ccccc4c3c2)cc(C2=Nc3ccc4c(c3C2c2ccc3c(c2-c2ccccc2)C(C)(C)CCC3(C)C)C(C)(C)CCC4(C)C)c1. The molecule has 3 aliphatic rings. The molecule has 2 aliphatic carbocycles. The van der Waals surface area contributed by atoms with Gasteiger partial charge in [0, 0.05) is 16.3 Å². The summed E-state index contributed by atoms with van der Waals surface area (Å²) in [6.45, 7) is 26.6. The Labute approximate surface area is 519 Å². The number of benzene rings is 10. The largest absolute Gasteiger partial charge is 0.460 e. The Kier molecular flexibility index (Phi) is 12.8. The molecule has 12 aromatic rings. The first-order valence-corrected chi connectivity index (χ1v) is 31.7. The van der Waals surface area contributed by atoms with Gasteiger partial charge in [-0.1, -0.05) is 246 Å². The van der Waals surface area contributed by atoms with Crippen LogP contribution in [0.1, 0.15) is 152 Å². The molecule has 436 valence electrons.